The predicted octanol–water partition coefficient (Wildman–Crippen LogP) is 2.34. The standard InChI is InChI=1S/C12H8ClF2N3O/c13-11-6-16-5-10(18-11)12(19)17-4-7-1-2-8(14)3-9(7)15/h1-3,5-6H,4H2,(H,17,19). The van der Waals surface area contributed by atoms with Gasteiger partial charge in [-0.15, -0.1) is 0 Å². The molecule has 0 aliphatic heterocycles. The molecule has 1 heterocycles. The van der Waals surface area contributed by atoms with Crippen molar-refractivity contribution in [2.24, 2.45) is 0 Å². The summed E-state index contributed by atoms with van der Waals surface area (Å²) < 4.78 is 26.0. The Balaban J connectivity index is 2.04. The summed E-state index contributed by atoms with van der Waals surface area (Å²) in [7, 11) is 0. The van der Waals surface area contributed by atoms with Crippen LogP contribution in [0.25, 0.3) is 0 Å². The molecule has 0 aliphatic rings. The normalized spacial score (nSPS) is 10.3. The van der Waals surface area contributed by atoms with Gasteiger partial charge in [-0.05, 0) is 6.07 Å². The second kappa shape index (κ2) is 5.71. The van der Waals surface area contributed by atoms with E-state index in [1.54, 1.807) is 0 Å². The van der Waals surface area contributed by atoms with E-state index in [1.807, 2.05) is 0 Å². The third kappa shape index (κ3) is 3.45. The zero-order chi connectivity index (χ0) is 13.8. The minimum Gasteiger partial charge on any atom is -0.346 e. The number of halogens is 3. The Bertz CT molecular complexity index is 622. The summed E-state index contributed by atoms with van der Waals surface area (Å²) in [5.74, 6) is -1.94. The van der Waals surface area contributed by atoms with Gasteiger partial charge < -0.3 is 5.32 Å². The van der Waals surface area contributed by atoms with Crippen molar-refractivity contribution in [2.75, 3.05) is 0 Å². The van der Waals surface area contributed by atoms with Gasteiger partial charge in [-0.25, -0.2) is 13.8 Å². The van der Waals surface area contributed by atoms with Crippen LogP contribution in [0.15, 0.2) is 30.6 Å². The Labute approximate surface area is 112 Å². The molecule has 0 saturated heterocycles. The first-order chi connectivity index (χ1) is 9.06. The van der Waals surface area contributed by atoms with Crippen molar-refractivity contribution >= 4 is 17.5 Å². The number of rotatable bonds is 3. The SMILES string of the molecule is O=C(NCc1ccc(F)cc1F)c1cncc(Cl)n1. The fourth-order valence-corrected chi connectivity index (χ4v) is 1.53. The van der Waals surface area contributed by atoms with Crippen molar-refractivity contribution in [3.05, 3.63) is 58.6 Å². The molecule has 0 fully saturated rings. The fourth-order valence-electron chi connectivity index (χ4n) is 1.38. The average molecular weight is 284 g/mol. The van der Waals surface area contributed by atoms with E-state index < -0.39 is 17.5 Å². The van der Waals surface area contributed by atoms with Gasteiger partial charge in [-0.3, -0.25) is 9.78 Å². The molecule has 0 spiro atoms. The molecule has 0 bridgehead atoms. The third-order valence-corrected chi connectivity index (χ3v) is 2.47. The lowest BCUT2D eigenvalue weighted by Gasteiger charge is -2.06. The van der Waals surface area contributed by atoms with Gasteiger partial charge >= 0.3 is 0 Å². The summed E-state index contributed by atoms with van der Waals surface area (Å²) in [6.07, 6.45) is 2.53. The smallest absolute Gasteiger partial charge is 0.271 e. The van der Waals surface area contributed by atoms with Crippen LogP contribution in [0.1, 0.15) is 16.1 Å². The molecule has 1 N–H and O–H groups in total. The number of hydrogen-bond acceptors (Lipinski definition) is 3. The van der Waals surface area contributed by atoms with Gasteiger partial charge in [0.05, 0.1) is 12.4 Å². The van der Waals surface area contributed by atoms with Crippen molar-refractivity contribution in [3.63, 3.8) is 0 Å². The summed E-state index contributed by atoms with van der Waals surface area (Å²) in [6, 6.07) is 3.12. The average Bonchev–Trinajstić information content (AvgIpc) is 2.37. The maximum atomic E-state index is 13.3. The summed E-state index contributed by atoms with van der Waals surface area (Å²) in [6.45, 7) is -0.0842. The van der Waals surface area contributed by atoms with E-state index in [4.69, 9.17) is 11.6 Å². The van der Waals surface area contributed by atoms with Gasteiger partial charge in [0, 0.05) is 18.2 Å². The fraction of sp³-hybridized carbons (Fsp3) is 0.0833. The van der Waals surface area contributed by atoms with Crippen LogP contribution >= 0.6 is 11.6 Å². The molecule has 1 aromatic carbocycles. The topological polar surface area (TPSA) is 54.9 Å². The quantitative estimate of drug-likeness (QED) is 0.941. The zero-order valence-corrected chi connectivity index (χ0v) is 10.3. The second-order valence-corrected chi connectivity index (χ2v) is 4.03. The molecular formula is C12H8ClF2N3O. The van der Waals surface area contributed by atoms with Crippen molar-refractivity contribution in [1.82, 2.24) is 15.3 Å². The number of hydrogen-bond donors (Lipinski definition) is 1. The molecule has 0 atom stereocenters. The number of aromatic nitrogens is 2. The van der Waals surface area contributed by atoms with E-state index in [2.05, 4.69) is 15.3 Å². The van der Waals surface area contributed by atoms with Crippen LogP contribution in [0.2, 0.25) is 5.15 Å². The van der Waals surface area contributed by atoms with E-state index in [0.29, 0.717) is 0 Å². The van der Waals surface area contributed by atoms with E-state index in [0.717, 1.165) is 12.1 Å². The zero-order valence-electron chi connectivity index (χ0n) is 9.53. The Morgan fingerprint density at radius 2 is 2.11 bits per heavy atom. The van der Waals surface area contributed by atoms with E-state index in [1.165, 1.54) is 18.5 Å². The molecule has 0 saturated carbocycles. The number of nitrogens with zero attached hydrogens (tertiary/aromatic N) is 2. The van der Waals surface area contributed by atoms with E-state index in [-0.39, 0.29) is 23.0 Å². The monoisotopic (exact) mass is 283 g/mol. The van der Waals surface area contributed by atoms with Crippen LogP contribution in [-0.2, 0) is 6.54 Å². The Kier molecular flexibility index (Phi) is 4.01. The van der Waals surface area contributed by atoms with Crippen LogP contribution in [0.5, 0.6) is 0 Å². The van der Waals surface area contributed by atoms with Gasteiger partial charge in [0.1, 0.15) is 22.5 Å². The first-order valence-corrected chi connectivity index (χ1v) is 5.64. The second-order valence-electron chi connectivity index (χ2n) is 3.65. The highest BCUT2D eigenvalue weighted by molar-refractivity contribution is 6.29. The number of benzene rings is 1. The lowest BCUT2D eigenvalue weighted by atomic mass is 10.2. The number of amides is 1. The Hall–Kier alpha value is -2.08. The summed E-state index contributed by atoms with van der Waals surface area (Å²) >= 11 is 5.59. The Morgan fingerprint density at radius 3 is 2.79 bits per heavy atom. The van der Waals surface area contributed by atoms with Crippen LogP contribution < -0.4 is 5.32 Å². The molecule has 19 heavy (non-hydrogen) atoms. The number of nitrogens with one attached hydrogen (secondary N) is 1. The molecule has 4 nitrogen and oxygen atoms in total. The highest BCUT2D eigenvalue weighted by Gasteiger charge is 2.10. The molecular weight excluding hydrogens is 276 g/mol. The molecule has 0 aliphatic carbocycles. The largest absolute Gasteiger partial charge is 0.346 e. The highest BCUT2D eigenvalue weighted by Crippen LogP contribution is 2.09. The van der Waals surface area contributed by atoms with Gasteiger partial charge in [-0.2, -0.15) is 0 Å². The molecule has 2 rings (SSSR count). The van der Waals surface area contributed by atoms with E-state index in [9.17, 15) is 13.6 Å². The number of carbonyl (C=O) groups is 1. The minimum absolute atomic E-state index is 0.0232. The Morgan fingerprint density at radius 1 is 1.32 bits per heavy atom. The van der Waals surface area contributed by atoms with E-state index >= 15 is 0 Å². The van der Waals surface area contributed by atoms with Gasteiger partial charge in [0.2, 0.25) is 0 Å². The summed E-state index contributed by atoms with van der Waals surface area (Å²) in [5, 5.41) is 2.52. The van der Waals surface area contributed by atoms with Crippen molar-refractivity contribution < 1.29 is 13.6 Å². The van der Waals surface area contributed by atoms with Crippen LogP contribution in [-0.4, -0.2) is 15.9 Å². The maximum Gasteiger partial charge on any atom is 0.271 e. The van der Waals surface area contributed by atoms with Crippen molar-refractivity contribution in [3.8, 4) is 0 Å². The lowest BCUT2D eigenvalue weighted by molar-refractivity contribution is 0.0945. The molecule has 1 amide bonds. The van der Waals surface area contributed by atoms with Crippen LogP contribution in [0.4, 0.5) is 8.78 Å². The minimum atomic E-state index is -0.725. The van der Waals surface area contributed by atoms with Crippen LogP contribution in [0.3, 0.4) is 0 Å². The highest BCUT2D eigenvalue weighted by atomic mass is 35.5. The maximum absolute atomic E-state index is 13.3. The first-order valence-electron chi connectivity index (χ1n) is 5.26. The molecule has 1 aromatic heterocycles. The number of carbonyl (C=O) groups excluding carboxylic acids is 1. The van der Waals surface area contributed by atoms with Gasteiger partial charge in [0.25, 0.3) is 5.91 Å². The summed E-state index contributed by atoms with van der Waals surface area (Å²) in [4.78, 5) is 19.1. The third-order valence-electron chi connectivity index (χ3n) is 2.29. The lowest BCUT2D eigenvalue weighted by Crippen LogP contribution is -2.24. The van der Waals surface area contributed by atoms with Crippen LogP contribution in [0, 0.1) is 11.6 Å². The molecule has 2 aromatic rings. The van der Waals surface area contributed by atoms with Crippen molar-refractivity contribution in [2.45, 2.75) is 6.54 Å². The van der Waals surface area contributed by atoms with Gasteiger partial charge in [-0.1, -0.05) is 17.7 Å². The molecule has 7 heteroatoms. The predicted molar refractivity (Wildman–Crippen MR) is 64.6 cm³/mol. The van der Waals surface area contributed by atoms with Crippen molar-refractivity contribution in [1.29, 1.82) is 0 Å². The molecule has 0 radical (unpaired) electrons. The molecule has 98 valence electrons. The first kappa shape index (κ1) is 13.4. The summed E-state index contributed by atoms with van der Waals surface area (Å²) in [5.41, 5.74) is 0.194. The molecule has 0 unspecified atom stereocenters. The van der Waals surface area contributed by atoms with Gasteiger partial charge in [0.15, 0.2) is 0 Å².